The molecule has 5 heteroatoms. The third-order valence-electron chi connectivity index (χ3n) is 12.4. The molecule has 0 amide bonds. The first-order chi connectivity index (χ1) is 28.1. The summed E-state index contributed by atoms with van der Waals surface area (Å²) >= 11 is 0. The average molecular weight is 739 g/mol. The fourth-order valence-electron chi connectivity index (χ4n) is 9.71. The van der Waals surface area contributed by atoms with Gasteiger partial charge in [0.25, 0.3) is 0 Å². The number of allylic oxidation sites excluding steroid dienone is 6. The zero-order valence-corrected chi connectivity index (χ0v) is 31.5. The van der Waals surface area contributed by atoms with Gasteiger partial charge in [-0.15, -0.1) is 0 Å². The van der Waals surface area contributed by atoms with Gasteiger partial charge < -0.3 is 25.4 Å². The van der Waals surface area contributed by atoms with Crippen molar-refractivity contribution >= 4 is 55.4 Å². The fraction of sp³-hybridized carbons (Fsp3) is 0.115. The predicted molar refractivity (Wildman–Crippen MR) is 237 cm³/mol. The monoisotopic (exact) mass is 738 g/mol. The SMILES string of the molecule is Nc1c([C@@H](c2ccccc2)[C@H](N)N2c3ccc(-c4ccc5c(c4)c4ccccc4n5C4=CC=C(c5ccccc5)CC4)cc3C3C=CC=CC32)oc2ccccc12. The van der Waals surface area contributed by atoms with Gasteiger partial charge in [0.15, 0.2) is 0 Å². The van der Waals surface area contributed by atoms with E-state index in [0.717, 1.165) is 35.1 Å². The second-order valence-electron chi connectivity index (χ2n) is 15.5. The van der Waals surface area contributed by atoms with Crippen LogP contribution in [0.25, 0.3) is 55.2 Å². The van der Waals surface area contributed by atoms with Gasteiger partial charge in [-0.2, -0.15) is 0 Å². The minimum atomic E-state index is -0.457. The summed E-state index contributed by atoms with van der Waals surface area (Å²) in [6.07, 6.45) is 15.1. The number of nitrogens with two attached hydrogens (primary N) is 2. The number of nitrogen functional groups attached to an aromatic ring is 1. The summed E-state index contributed by atoms with van der Waals surface area (Å²) in [5.41, 5.74) is 28.1. The van der Waals surface area contributed by atoms with Crippen LogP contribution in [0.4, 0.5) is 11.4 Å². The highest BCUT2D eigenvalue weighted by molar-refractivity contribution is 6.11. The van der Waals surface area contributed by atoms with E-state index in [9.17, 15) is 0 Å². The van der Waals surface area contributed by atoms with E-state index >= 15 is 0 Å². The molecular formula is C52H42N4O. The first-order valence-corrected chi connectivity index (χ1v) is 20.0. The summed E-state index contributed by atoms with van der Waals surface area (Å²) in [5.74, 6) is 0.553. The molecule has 3 heterocycles. The Balaban J connectivity index is 0.993. The van der Waals surface area contributed by atoms with E-state index < -0.39 is 6.17 Å². The Morgan fingerprint density at radius 1 is 0.614 bits per heavy atom. The summed E-state index contributed by atoms with van der Waals surface area (Å²) < 4.78 is 9.02. The molecule has 4 atom stereocenters. The molecule has 2 aromatic heterocycles. The molecule has 57 heavy (non-hydrogen) atoms. The van der Waals surface area contributed by atoms with Crippen LogP contribution in [0.2, 0.25) is 0 Å². The van der Waals surface area contributed by atoms with Crippen molar-refractivity contribution in [3.63, 3.8) is 0 Å². The van der Waals surface area contributed by atoms with Gasteiger partial charge in [0.05, 0.1) is 34.8 Å². The molecule has 8 aromatic rings. The van der Waals surface area contributed by atoms with Crippen LogP contribution in [-0.2, 0) is 0 Å². The topological polar surface area (TPSA) is 73.3 Å². The number of fused-ring (bicyclic) bond motifs is 7. The summed E-state index contributed by atoms with van der Waals surface area (Å²) in [6.45, 7) is 0. The Hall–Kier alpha value is -6.82. The molecule has 0 saturated carbocycles. The summed E-state index contributed by atoms with van der Waals surface area (Å²) in [4.78, 5) is 2.39. The zero-order valence-electron chi connectivity index (χ0n) is 31.5. The van der Waals surface area contributed by atoms with Crippen LogP contribution in [0, 0.1) is 0 Å². The van der Waals surface area contributed by atoms with Crippen LogP contribution >= 0.6 is 0 Å². The van der Waals surface area contributed by atoms with Crippen LogP contribution in [-0.4, -0.2) is 16.8 Å². The molecule has 0 saturated heterocycles. The first kappa shape index (κ1) is 33.5. The van der Waals surface area contributed by atoms with E-state index in [0.29, 0.717) is 11.4 Å². The highest BCUT2D eigenvalue weighted by Crippen LogP contribution is 2.49. The van der Waals surface area contributed by atoms with Crippen molar-refractivity contribution < 1.29 is 4.42 Å². The lowest BCUT2D eigenvalue weighted by molar-refractivity contribution is 0.447. The second-order valence-corrected chi connectivity index (χ2v) is 15.5. The van der Waals surface area contributed by atoms with Crippen molar-refractivity contribution in [3.05, 3.63) is 204 Å². The van der Waals surface area contributed by atoms with Gasteiger partial charge in [-0.25, -0.2) is 0 Å². The second kappa shape index (κ2) is 13.4. The van der Waals surface area contributed by atoms with Gasteiger partial charge in [-0.05, 0) is 94.8 Å². The molecule has 2 aliphatic carbocycles. The number of hydrogen-bond donors (Lipinski definition) is 2. The maximum absolute atomic E-state index is 7.51. The summed E-state index contributed by atoms with van der Waals surface area (Å²) in [7, 11) is 0. The van der Waals surface area contributed by atoms with Crippen molar-refractivity contribution in [2.75, 3.05) is 10.6 Å². The Bertz CT molecular complexity index is 2960. The van der Waals surface area contributed by atoms with E-state index in [-0.39, 0.29) is 17.9 Å². The van der Waals surface area contributed by atoms with Crippen molar-refractivity contribution in [3.8, 4) is 11.1 Å². The van der Waals surface area contributed by atoms with Gasteiger partial charge in [0, 0.05) is 33.5 Å². The summed E-state index contributed by atoms with van der Waals surface area (Å²) in [5, 5.41) is 3.44. The minimum Gasteiger partial charge on any atom is -0.458 e. The van der Waals surface area contributed by atoms with E-state index in [1.807, 2.05) is 30.3 Å². The number of anilines is 2. The summed E-state index contributed by atoms with van der Waals surface area (Å²) in [6, 6.07) is 51.9. The molecule has 3 aliphatic rings. The van der Waals surface area contributed by atoms with Crippen molar-refractivity contribution in [1.82, 2.24) is 4.57 Å². The number of benzene rings is 6. The lowest BCUT2D eigenvalue weighted by Crippen LogP contribution is -2.50. The molecule has 0 radical (unpaired) electrons. The Labute approximate surface area is 332 Å². The Morgan fingerprint density at radius 2 is 1.32 bits per heavy atom. The normalized spacial score (nSPS) is 18.4. The molecule has 1 aliphatic heterocycles. The standard InChI is InChI=1S/C52H42N4O/c53-50-41-19-9-12-22-48(41)57-51(50)49(35-15-5-2-6-16-35)52(54)56-45-21-11-8-18-40(45)43-32-37(26-30-47(43)56)36-25-29-46-42(31-36)39-17-7-10-20-44(39)55(46)38-27-23-34(24-28-38)33-13-3-1-4-14-33/h1-23,25-27,29-32,40,45,49,52H,24,28,53-54H2/t40?,45?,49-,52-/m1/s1. The number of hydrogen-bond acceptors (Lipinski definition) is 4. The van der Waals surface area contributed by atoms with Crippen molar-refractivity contribution in [2.45, 2.75) is 36.9 Å². The molecular weight excluding hydrogens is 697 g/mol. The van der Waals surface area contributed by atoms with Crippen LogP contribution in [0.1, 0.15) is 47.1 Å². The first-order valence-electron chi connectivity index (χ1n) is 20.0. The number of aromatic nitrogens is 1. The van der Waals surface area contributed by atoms with Gasteiger partial charge in [-0.3, -0.25) is 0 Å². The van der Waals surface area contributed by atoms with Crippen LogP contribution in [0.3, 0.4) is 0 Å². The number of para-hydroxylation sites is 2. The van der Waals surface area contributed by atoms with Crippen molar-refractivity contribution in [2.24, 2.45) is 5.73 Å². The number of furan rings is 1. The molecule has 276 valence electrons. The van der Waals surface area contributed by atoms with E-state index in [1.165, 1.54) is 55.3 Å². The quantitative estimate of drug-likeness (QED) is 0.171. The Morgan fingerprint density at radius 3 is 2.12 bits per heavy atom. The van der Waals surface area contributed by atoms with E-state index in [1.54, 1.807) is 0 Å². The maximum Gasteiger partial charge on any atom is 0.139 e. The van der Waals surface area contributed by atoms with Gasteiger partial charge in [0.1, 0.15) is 11.3 Å². The highest BCUT2D eigenvalue weighted by Gasteiger charge is 2.43. The lowest BCUT2D eigenvalue weighted by Gasteiger charge is -2.38. The maximum atomic E-state index is 7.51. The molecule has 11 rings (SSSR count). The average Bonchev–Trinajstić information content (AvgIpc) is 3.91. The minimum absolute atomic E-state index is 0.0488. The third kappa shape index (κ3) is 5.42. The van der Waals surface area contributed by atoms with Crippen LogP contribution in [0.15, 0.2) is 186 Å². The molecule has 6 aromatic carbocycles. The van der Waals surface area contributed by atoms with Crippen molar-refractivity contribution in [1.29, 1.82) is 0 Å². The highest BCUT2D eigenvalue weighted by atomic mass is 16.3. The molecule has 0 bridgehead atoms. The lowest BCUT2D eigenvalue weighted by atomic mass is 9.88. The largest absolute Gasteiger partial charge is 0.458 e. The van der Waals surface area contributed by atoms with E-state index in [4.69, 9.17) is 15.9 Å². The van der Waals surface area contributed by atoms with Gasteiger partial charge in [-0.1, -0.05) is 134 Å². The predicted octanol–water partition coefficient (Wildman–Crippen LogP) is 12.0. The Kier molecular flexibility index (Phi) is 7.90. The number of rotatable bonds is 7. The van der Waals surface area contributed by atoms with Crippen LogP contribution in [0.5, 0.6) is 0 Å². The van der Waals surface area contributed by atoms with Crippen LogP contribution < -0.4 is 16.4 Å². The smallest absolute Gasteiger partial charge is 0.139 e. The molecule has 2 unspecified atom stereocenters. The van der Waals surface area contributed by atoms with Gasteiger partial charge >= 0.3 is 0 Å². The molecule has 0 spiro atoms. The third-order valence-corrected chi connectivity index (χ3v) is 12.4. The molecule has 4 N–H and O–H groups in total. The fourth-order valence-corrected chi connectivity index (χ4v) is 9.71. The molecule has 0 fully saturated rings. The molecule has 5 nitrogen and oxygen atoms in total. The number of nitrogens with zero attached hydrogens (tertiary/aromatic N) is 2. The van der Waals surface area contributed by atoms with Gasteiger partial charge in [0.2, 0.25) is 0 Å². The zero-order chi connectivity index (χ0) is 38.0. The van der Waals surface area contributed by atoms with E-state index in [2.05, 4.69) is 161 Å².